The van der Waals surface area contributed by atoms with Gasteiger partial charge in [-0.1, -0.05) is 11.6 Å². The predicted octanol–water partition coefficient (Wildman–Crippen LogP) is 3.55. The van der Waals surface area contributed by atoms with Crippen molar-refractivity contribution >= 4 is 29.0 Å². The van der Waals surface area contributed by atoms with Gasteiger partial charge in [0, 0.05) is 18.1 Å². The molecule has 15 heavy (non-hydrogen) atoms. The van der Waals surface area contributed by atoms with Crippen molar-refractivity contribution in [3.05, 3.63) is 23.4 Å². The van der Waals surface area contributed by atoms with Crippen molar-refractivity contribution in [3.63, 3.8) is 0 Å². The third-order valence-electron chi connectivity index (χ3n) is 2.78. The highest BCUT2D eigenvalue weighted by Crippen LogP contribution is 2.29. The minimum atomic E-state index is 0.370. The maximum atomic E-state index is 6.05. The van der Waals surface area contributed by atoms with Crippen LogP contribution in [0.5, 0.6) is 0 Å². The Balaban J connectivity index is 1.80. The van der Waals surface area contributed by atoms with Crippen molar-refractivity contribution in [1.82, 2.24) is 4.98 Å². The highest BCUT2D eigenvalue weighted by Gasteiger charge is 2.22. The Morgan fingerprint density at radius 1 is 1.40 bits per heavy atom. The van der Waals surface area contributed by atoms with E-state index in [-0.39, 0.29) is 0 Å². The van der Waals surface area contributed by atoms with Crippen LogP contribution in [0, 0.1) is 5.92 Å². The normalized spacial score (nSPS) is 25.5. The molecule has 1 N–H and O–H groups in total. The van der Waals surface area contributed by atoms with Gasteiger partial charge in [-0.05, 0) is 37.3 Å². The summed E-state index contributed by atoms with van der Waals surface area (Å²) in [6.07, 6.45) is 5.13. The predicted molar refractivity (Wildman–Crippen MR) is 64.7 cm³/mol. The van der Waals surface area contributed by atoms with Crippen molar-refractivity contribution in [2.75, 3.05) is 11.9 Å². The number of pyridine rings is 1. The first-order chi connectivity index (χ1) is 7.24. The van der Waals surface area contributed by atoms with E-state index in [1.165, 1.54) is 6.42 Å². The summed E-state index contributed by atoms with van der Waals surface area (Å²) < 4.78 is 0. The van der Waals surface area contributed by atoms with Crippen LogP contribution in [-0.2, 0) is 0 Å². The van der Waals surface area contributed by atoms with E-state index in [0.29, 0.717) is 16.3 Å². The van der Waals surface area contributed by atoms with Crippen molar-refractivity contribution < 1.29 is 0 Å². The van der Waals surface area contributed by atoms with E-state index in [0.717, 1.165) is 25.2 Å². The van der Waals surface area contributed by atoms with E-state index in [4.69, 9.17) is 23.2 Å². The molecule has 82 valence electrons. The van der Waals surface area contributed by atoms with Gasteiger partial charge in [0.1, 0.15) is 5.82 Å². The number of hydrogen-bond acceptors (Lipinski definition) is 2. The molecule has 2 unspecified atom stereocenters. The molecule has 1 aromatic rings. The number of nitrogens with zero attached hydrogens (tertiary/aromatic N) is 1. The maximum Gasteiger partial charge on any atom is 0.125 e. The quantitative estimate of drug-likeness (QED) is 0.823. The summed E-state index contributed by atoms with van der Waals surface area (Å²) in [7, 11) is 0. The van der Waals surface area contributed by atoms with Gasteiger partial charge in [0.25, 0.3) is 0 Å². The number of aromatic nitrogens is 1. The number of hydrogen-bond donors (Lipinski definition) is 1. The second kappa shape index (κ2) is 5.04. The molecule has 1 heterocycles. The lowest BCUT2D eigenvalue weighted by Crippen LogP contribution is -2.12. The third-order valence-corrected chi connectivity index (χ3v) is 3.40. The summed E-state index contributed by atoms with van der Waals surface area (Å²) in [6.45, 7) is 0.956. The number of rotatable bonds is 3. The van der Waals surface area contributed by atoms with E-state index < -0.39 is 0 Å². The van der Waals surface area contributed by atoms with Crippen LogP contribution in [0.2, 0.25) is 5.02 Å². The fraction of sp³-hybridized carbons (Fsp3) is 0.545. The minimum absolute atomic E-state index is 0.370. The summed E-state index contributed by atoms with van der Waals surface area (Å²) in [6, 6.07) is 3.74. The van der Waals surface area contributed by atoms with E-state index in [2.05, 4.69) is 10.3 Å². The zero-order chi connectivity index (χ0) is 10.7. The van der Waals surface area contributed by atoms with Crippen LogP contribution in [0.3, 0.4) is 0 Å². The summed E-state index contributed by atoms with van der Waals surface area (Å²) in [5.41, 5.74) is 0. The lowest BCUT2D eigenvalue weighted by atomic mass is 10.1. The summed E-state index contributed by atoms with van der Waals surface area (Å²) in [5.74, 6) is 1.57. The largest absolute Gasteiger partial charge is 0.370 e. The first-order valence-electron chi connectivity index (χ1n) is 5.23. The van der Waals surface area contributed by atoms with Crippen LogP contribution < -0.4 is 5.32 Å². The van der Waals surface area contributed by atoms with Crippen LogP contribution in [0.4, 0.5) is 5.82 Å². The van der Waals surface area contributed by atoms with Gasteiger partial charge >= 0.3 is 0 Å². The maximum absolute atomic E-state index is 6.05. The van der Waals surface area contributed by atoms with Gasteiger partial charge < -0.3 is 5.32 Å². The van der Waals surface area contributed by atoms with Crippen molar-refractivity contribution in [1.29, 1.82) is 0 Å². The molecule has 0 amide bonds. The Morgan fingerprint density at radius 3 is 2.87 bits per heavy atom. The zero-order valence-corrected chi connectivity index (χ0v) is 9.93. The molecule has 0 spiro atoms. The van der Waals surface area contributed by atoms with Gasteiger partial charge in [-0.15, -0.1) is 11.6 Å². The Labute approximate surface area is 100.0 Å². The zero-order valence-electron chi connectivity index (χ0n) is 8.42. The highest BCUT2D eigenvalue weighted by atomic mass is 35.5. The Kier molecular flexibility index (Phi) is 3.71. The van der Waals surface area contributed by atoms with Crippen LogP contribution in [0.25, 0.3) is 0 Å². The minimum Gasteiger partial charge on any atom is -0.370 e. The molecule has 0 aromatic carbocycles. The molecule has 1 fully saturated rings. The molecule has 1 aromatic heterocycles. The third kappa shape index (κ3) is 3.25. The van der Waals surface area contributed by atoms with Gasteiger partial charge in [0.15, 0.2) is 0 Å². The van der Waals surface area contributed by atoms with Crippen molar-refractivity contribution in [3.8, 4) is 0 Å². The molecule has 4 heteroatoms. The first-order valence-corrected chi connectivity index (χ1v) is 6.05. The molecule has 1 saturated carbocycles. The number of anilines is 1. The van der Waals surface area contributed by atoms with Gasteiger partial charge in [-0.3, -0.25) is 0 Å². The van der Waals surface area contributed by atoms with Gasteiger partial charge in [-0.2, -0.15) is 0 Å². The molecule has 2 nitrogen and oxygen atoms in total. The van der Waals surface area contributed by atoms with Crippen molar-refractivity contribution in [2.45, 2.75) is 24.6 Å². The Bertz CT molecular complexity index is 313. The van der Waals surface area contributed by atoms with Crippen LogP contribution in [0.15, 0.2) is 18.3 Å². The van der Waals surface area contributed by atoms with E-state index in [1.807, 2.05) is 12.1 Å². The van der Waals surface area contributed by atoms with Crippen molar-refractivity contribution in [2.24, 2.45) is 5.92 Å². The smallest absolute Gasteiger partial charge is 0.125 e. The molecular formula is C11H14Cl2N2. The van der Waals surface area contributed by atoms with Crippen LogP contribution in [-0.4, -0.2) is 16.9 Å². The number of halogens is 2. The monoisotopic (exact) mass is 244 g/mol. The molecule has 1 aliphatic rings. The molecule has 0 saturated heterocycles. The lowest BCUT2D eigenvalue weighted by molar-refractivity contribution is 0.579. The van der Waals surface area contributed by atoms with E-state index >= 15 is 0 Å². The fourth-order valence-electron chi connectivity index (χ4n) is 1.93. The highest BCUT2D eigenvalue weighted by molar-refractivity contribution is 6.30. The number of alkyl halides is 1. The molecular weight excluding hydrogens is 231 g/mol. The molecule has 0 radical (unpaired) electrons. The van der Waals surface area contributed by atoms with Crippen LogP contribution >= 0.6 is 23.2 Å². The Morgan fingerprint density at radius 2 is 2.27 bits per heavy atom. The van der Waals surface area contributed by atoms with Gasteiger partial charge in [0.2, 0.25) is 0 Å². The Hall–Kier alpha value is -0.470. The summed E-state index contributed by atoms with van der Waals surface area (Å²) in [4.78, 5) is 4.18. The molecule has 1 aliphatic carbocycles. The van der Waals surface area contributed by atoms with Crippen LogP contribution in [0.1, 0.15) is 19.3 Å². The molecule has 2 atom stereocenters. The first kappa shape index (κ1) is 11.0. The van der Waals surface area contributed by atoms with Gasteiger partial charge in [-0.25, -0.2) is 4.98 Å². The topological polar surface area (TPSA) is 24.9 Å². The van der Waals surface area contributed by atoms with E-state index in [9.17, 15) is 0 Å². The second-order valence-electron chi connectivity index (χ2n) is 4.02. The average molecular weight is 245 g/mol. The SMILES string of the molecule is Clc1ccc(NCC2CCC(Cl)C2)nc1. The fourth-order valence-corrected chi connectivity index (χ4v) is 2.42. The standard InChI is InChI=1S/C11H14Cl2N2/c12-9-2-1-8(5-9)6-14-11-4-3-10(13)7-15-11/h3-4,7-9H,1-2,5-6H2,(H,14,15). The number of nitrogens with one attached hydrogen (secondary N) is 1. The lowest BCUT2D eigenvalue weighted by Gasteiger charge is -2.10. The average Bonchev–Trinajstić information content (AvgIpc) is 2.64. The molecule has 0 aliphatic heterocycles. The van der Waals surface area contributed by atoms with E-state index in [1.54, 1.807) is 6.20 Å². The summed E-state index contributed by atoms with van der Waals surface area (Å²) >= 11 is 11.8. The van der Waals surface area contributed by atoms with Gasteiger partial charge in [0.05, 0.1) is 5.02 Å². The molecule has 2 rings (SSSR count). The second-order valence-corrected chi connectivity index (χ2v) is 5.07. The summed E-state index contributed by atoms with van der Waals surface area (Å²) in [5, 5.41) is 4.35. The molecule has 0 bridgehead atoms.